The number of aliphatic hydroxyl groups is 1. The zero-order valence-corrected chi connectivity index (χ0v) is 9.00. The van der Waals surface area contributed by atoms with Crippen LogP contribution in [0.5, 0.6) is 5.75 Å². The number of unbranched alkanes of at least 4 members (excludes halogenated alkanes) is 1. The lowest BCUT2D eigenvalue weighted by atomic mass is 10.1. The molecule has 0 spiro atoms. The molecular weight excluding hydrogens is 208 g/mol. The second-order valence-corrected chi connectivity index (χ2v) is 3.51. The van der Waals surface area contributed by atoms with E-state index in [2.05, 4.69) is 0 Å². The molecule has 0 amide bonds. The normalized spacial score (nSPS) is 12.1. The summed E-state index contributed by atoms with van der Waals surface area (Å²) >= 11 is 0. The van der Waals surface area contributed by atoms with Crippen molar-refractivity contribution in [3.8, 4) is 5.75 Å². The molecule has 4 nitrogen and oxygen atoms in total. The molecule has 0 radical (unpaired) electrons. The third-order valence-electron chi connectivity index (χ3n) is 2.17. The molecule has 0 aliphatic rings. The van der Waals surface area contributed by atoms with Crippen LogP contribution >= 0.6 is 0 Å². The van der Waals surface area contributed by atoms with Crippen LogP contribution in [0, 0.1) is 0 Å². The predicted octanol–water partition coefficient (Wildman–Crippen LogP) is 1.68. The number of rotatable bonds is 7. The molecule has 1 rings (SSSR count). The van der Waals surface area contributed by atoms with Crippen LogP contribution in [0.4, 0.5) is 0 Å². The average Bonchev–Trinajstić information content (AvgIpc) is 2.29. The summed E-state index contributed by atoms with van der Waals surface area (Å²) in [5.74, 6) is -0.356. The molecule has 88 valence electrons. The highest BCUT2D eigenvalue weighted by Gasteiger charge is 2.11. The van der Waals surface area contributed by atoms with E-state index in [0.29, 0.717) is 13.0 Å². The van der Waals surface area contributed by atoms with E-state index in [4.69, 9.17) is 14.9 Å². The van der Waals surface area contributed by atoms with E-state index >= 15 is 0 Å². The first kappa shape index (κ1) is 12.5. The van der Waals surface area contributed by atoms with Crippen molar-refractivity contribution in [3.05, 3.63) is 30.3 Å². The van der Waals surface area contributed by atoms with Crippen LogP contribution < -0.4 is 4.74 Å². The van der Waals surface area contributed by atoms with Crippen LogP contribution in [-0.4, -0.2) is 28.9 Å². The van der Waals surface area contributed by atoms with Crippen molar-refractivity contribution in [2.75, 3.05) is 6.61 Å². The van der Waals surface area contributed by atoms with Crippen molar-refractivity contribution >= 4 is 5.97 Å². The second-order valence-electron chi connectivity index (χ2n) is 3.51. The molecule has 0 saturated carbocycles. The smallest absolute Gasteiger partial charge is 0.332 e. The number of benzene rings is 1. The van der Waals surface area contributed by atoms with Crippen LogP contribution in [0.3, 0.4) is 0 Å². The summed E-state index contributed by atoms with van der Waals surface area (Å²) in [5, 5.41) is 17.4. The van der Waals surface area contributed by atoms with E-state index in [0.717, 1.165) is 12.2 Å². The van der Waals surface area contributed by atoms with Crippen LogP contribution in [0.25, 0.3) is 0 Å². The van der Waals surface area contributed by atoms with Gasteiger partial charge >= 0.3 is 5.97 Å². The van der Waals surface area contributed by atoms with Crippen LogP contribution in [-0.2, 0) is 4.79 Å². The summed E-state index contributed by atoms with van der Waals surface area (Å²) in [5.41, 5.74) is 0. The van der Waals surface area contributed by atoms with Crippen molar-refractivity contribution in [2.24, 2.45) is 0 Å². The van der Waals surface area contributed by atoms with Gasteiger partial charge in [-0.1, -0.05) is 18.2 Å². The average molecular weight is 224 g/mol. The molecule has 0 aliphatic carbocycles. The topological polar surface area (TPSA) is 66.8 Å². The van der Waals surface area contributed by atoms with Gasteiger partial charge in [0.05, 0.1) is 6.61 Å². The molecule has 2 N–H and O–H groups in total. The van der Waals surface area contributed by atoms with Gasteiger partial charge in [-0.2, -0.15) is 0 Å². The van der Waals surface area contributed by atoms with E-state index in [1.165, 1.54) is 0 Å². The van der Waals surface area contributed by atoms with E-state index in [9.17, 15) is 4.79 Å². The fourth-order valence-corrected chi connectivity index (χ4v) is 1.27. The van der Waals surface area contributed by atoms with Crippen molar-refractivity contribution in [1.82, 2.24) is 0 Å². The molecule has 16 heavy (non-hydrogen) atoms. The Morgan fingerprint density at radius 1 is 1.25 bits per heavy atom. The molecule has 0 aromatic heterocycles. The molecule has 4 heteroatoms. The summed E-state index contributed by atoms with van der Waals surface area (Å²) in [6.07, 6.45) is 0.393. The quantitative estimate of drug-likeness (QED) is 0.691. The predicted molar refractivity (Wildman–Crippen MR) is 59.4 cm³/mol. The van der Waals surface area contributed by atoms with Crippen LogP contribution in [0.2, 0.25) is 0 Å². The zero-order chi connectivity index (χ0) is 11.8. The maximum Gasteiger partial charge on any atom is 0.332 e. The standard InChI is InChI=1S/C12H16O4/c13-11(12(14)15)8-4-5-9-16-10-6-2-1-3-7-10/h1-3,6-7,11,13H,4-5,8-9H2,(H,14,15). The number of carboxylic acid groups (broad SMARTS) is 1. The Hall–Kier alpha value is -1.55. The van der Waals surface area contributed by atoms with Gasteiger partial charge in [0.25, 0.3) is 0 Å². The highest BCUT2D eigenvalue weighted by Crippen LogP contribution is 2.09. The van der Waals surface area contributed by atoms with Gasteiger partial charge in [-0.25, -0.2) is 4.79 Å². The minimum absolute atomic E-state index is 0.271. The number of para-hydroxylation sites is 1. The molecule has 1 aromatic carbocycles. The fraction of sp³-hybridized carbons (Fsp3) is 0.417. The lowest BCUT2D eigenvalue weighted by Gasteiger charge is -2.07. The molecule has 0 bridgehead atoms. The number of hydrogen-bond acceptors (Lipinski definition) is 3. The van der Waals surface area contributed by atoms with Gasteiger partial charge in [0, 0.05) is 0 Å². The van der Waals surface area contributed by atoms with Gasteiger partial charge in [-0.3, -0.25) is 0 Å². The van der Waals surface area contributed by atoms with E-state index in [-0.39, 0.29) is 6.42 Å². The number of aliphatic hydroxyl groups excluding tert-OH is 1. The third-order valence-corrected chi connectivity index (χ3v) is 2.17. The molecular formula is C12H16O4. The largest absolute Gasteiger partial charge is 0.494 e. The Morgan fingerprint density at radius 2 is 1.94 bits per heavy atom. The highest BCUT2D eigenvalue weighted by atomic mass is 16.5. The molecule has 1 aromatic rings. The van der Waals surface area contributed by atoms with Crippen molar-refractivity contribution in [3.63, 3.8) is 0 Å². The Kier molecular flexibility index (Phi) is 5.36. The minimum Gasteiger partial charge on any atom is -0.494 e. The van der Waals surface area contributed by atoms with Crippen molar-refractivity contribution in [2.45, 2.75) is 25.4 Å². The summed E-state index contributed by atoms with van der Waals surface area (Å²) in [4.78, 5) is 10.3. The Labute approximate surface area is 94.5 Å². The maximum atomic E-state index is 10.3. The summed E-state index contributed by atoms with van der Waals surface area (Å²) in [6.45, 7) is 0.538. The molecule has 0 fully saturated rings. The third kappa shape index (κ3) is 4.79. The molecule has 1 unspecified atom stereocenters. The number of carboxylic acids is 1. The monoisotopic (exact) mass is 224 g/mol. The molecule has 1 atom stereocenters. The summed E-state index contributed by atoms with van der Waals surface area (Å²) < 4.78 is 5.42. The highest BCUT2D eigenvalue weighted by molar-refractivity contribution is 5.71. The SMILES string of the molecule is O=C(O)C(O)CCCCOc1ccccc1. The van der Waals surface area contributed by atoms with Gasteiger partial charge in [0.2, 0.25) is 0 Å². The van der Waals surface area contributed by atoms with Crippen LogP contribution in [0.15, 0.2) is 30.3 Å². The first-order valence-electron chi connectivity index (χ1n) is 5.29. The van der Waals surface area contributed by atoms with E-state index in [1.807, 2.05) is 30.3 Å². The van der Waals surface area contributed by atoms with Gasteiger partial charge in [-0.15, -0.1) is 0 Å². The number of carbonyl (C=O) groups is 1. The minimum atomic E-state index is -1.25. The van der Waals surface area contributed by atoms with Crippen LogP contribution in [0.1, 0.15) is 19.3 Å². The van der Waals surface area contributed by atoms with Gasteiger partial charge in [-0.05, 0) is 31.4 Å². The van der Waals surface area contributed by atoms with Gasteiger partial charge in [0.1, 0.15) is 5.75 Å². The number of aliphatic carboxylic acids is 1. The second kappa shape index (κ2) is 6.85. The molecule has 0 heterocycles. The van der Waals surface area contributed by atoms with E-state index in [1.54, 1.807) is 0 Å². The Balaban J connectivity index is 2.07. The number of hydrogen-bond donors (Lipinski definition) is 2. The van der Waals surface area contributed by atoms with Crippen molar-refractivity contribution < 1.29 is 19.7 Å². The maximum absolute atomic E-state index is 10.3. The molecule has 0 saturated heterocycles. The fourth-order valence-electron chi connectivity index (χ4n) is 1.27. The van der Waals surface area contributed by atoms with Gasteiger partial charge in [0.15, 0.2) is 6.10 Å². The lowest BCUT2D eigenvalue weighted by Crippen LogP contribution is -2.19. The molecule has 0 aliphatic heterocycles. The first-order valence-corrected chi connectivity index (χ1v) is 5.29. The Bertz CT molecular complexity index is 310. The number of ether oxygens (including phenoxy) is 1. The van der Waals surface area contributed by atoms with Crippen molar-refractivity contribution in [1.29, 1.82) is 0 Å². The van der Waals surface area contributed by atoms with Gasteiger partial charge < -0.3 is 14.9 Å². The zero-order valence-electron chi connectivity index (χ0n) is 9.00. The Morgan fingerprint density at radius 3 is 2.56 bits per heavy atom. The summed E-state index contributed by atoms with van der Waals surface area (Å²) in [6, 6.07) is 9.43. The lowest BCUT2D eigenvalue weighted by molar-refractivity contribution is -0.146. The summed E-state index contributed by atoms with van der Waals surface area (Å²) in [7, 11) is 0. The van der Waals surface area contributed by atoms with E-state index < -0.39 is 12.1 Å². The first-order chi connectivity index (χ1) is 7.70.